The second kappa shape index (κ2) is 5.58. The summed E-state index contributed by atoms with van der Waals surface area (Å²) in [6.07, 6.45) is 4.23. The monoisotopic (exact) mass is 263 g/mol. The zero-order chi connectivity index (χ0) is 13.7. The van der Waals surface area contributed by atoms with Gasteiger partial charge in [-0.05, 0) is 6.07 Å². The van der Waals surface area contributed by atoms with E-state index < -0.39 is 4.92 Å². The Morgan fingerprint density at radius 3 is 2.79 bits per heavy atom. The van der Waals surface area contributed by atoms with Gasteiger partial charge in [0.1, 0.15) is 4.92 Å². The molecule has 9 nitrogen and oxygen atoms in total. The first-order valence-corrected chi connectivity index (χ1v) is 5.08. The Labute approximate surface area is 107 Å². The van der Waals surface area contributed by atoms with Gasteiger partial charge in [0.15, 0.2) is 11.5 Å². The van der Waals surface area contributed by atoms with Crippen LogP contribution in [0.2, 0.25) is 0 Å². The Morgan fingerprint density at radius 1 is 1.47 bits per heavy atom. The van der Waals surface area contributed by atoms with Crippen LogP contribution in [0.5, 0.6) is 5.75 Å². The summed E-state index contributed by atoms with van der Waals surface area (Å²) < 4.78 is 9.77. The van der Waals surface area contributed by atoms with Crippen LogP contribution in [-0.2, 0) is 0 Å². The molecule has 2 rings (SSSR count). The van der Waals surface area contributed by atoms with E-state index in [0.29, 0.717) is 5.75 Å². The second-order valence-corrected chi connectivity index (χ2v) is 3.25. The first kappa shape index (κ1) is 12.5. The molecule has 2 aromatic heterocycles. The fourth-order valence-corrected chi connectivity index (χ4v) is 1.14. The highest BCUT2D eigenvalue weighted by Crippen LogP contribution is 2.14. The standard InChI is InChI=1S/C10H9N5O4/c1-18-8-4-11-10(12-5-8)14-13-6-7-2-3-9(19-7)15(16)17/h2-6H,1H3,(H,11,12,14)/b13-6+. The zero-order valence-electron chi connectivity index (χ0n) is 9.81. The Hall–Kier alpha value is -2.97. The topological polar surface area (TPSA) is 116 Å². The minimum Gasteiger partial charge on any atom is -0.494 e. The van der Waals surface area contributed by atoms with Gasteiger partial charge in [-0.15, -0.1) is 0 Å². The molecule has 0 fully saturated rings. The number of aromatic nitrogens is 2. The molecule has 19 heavy (non-hydrogen) atoms. The smallest absolute Gasteiger partial charge is 0.433 e. The molecule has 0 amide bonds. The number of rotatable bonds is 5. The van der Waals surface area contributed by atoms with E-state index in [-0.39, 0.29) is 17.6 Å². The molecule has 0 unspecified atom stereocenters. The molecular weight excluding hydrogens is 254 g/mol. The predicted molar refractivity (Wildman–Crippen MR) is 65.2 cm³/mol. The highest BCUT2D eigenvalue weighted by atomic mass is 16.6. The number of nitrogens with zero attached hydrogens (tertiary/aromatic N) is 4. The van der Waals surface area contributed by atoms with Crippen molar-refractivity contribution in [3.8, 4) is 5.75 Å². The van der Waals surface area contributed by atoms with Crippen LogP contribution < -0.4 is 10.2 Å². The van der Waals surface area contributed by atoms with E-state index in [0.717, 1.165) is 0 Å². The quantitative estimate of drug-likeness (QED) is 0.492. The van der Waals surface area contributed by atoms with Gasteiger partial charge < -0.3 is 9.15 Å². The minimum absolute atomic E-state index is 0.243. The van der Waals surface area contributed by atoms with Gasteiger partial charge in [-0.25, -0.2) is 15.4 Å². The van der Waals surface area contributed by atoms with Crippen molar-refractivity contribution in [2.45, 2.75) is 0 Å². The summed E-state index contributed by atoms with van der Waals surface area (Å²) in [6.45, 7) is 0. The third kappa shape index (κ3) is 3.25. The van der Waals surface area contributed by atoms with E-state index in [1.165, 1.54) is 37.9 Å². The van der Waals surface area contributed by atoms with Crippen LogP contribution in [0.15, 0.2) is 34.0 Å². The Morgan fingerprint density at radius 2 is 2.21 bits per heavy atom. The molecule has 1 N–H and O–H groups in total. The molecule has 0 aliphatic rings. The molecule has 0 radical (unpaired) electrons. The Balaban J connectivity index is 1.96. The van der Waals surface area contributed by atoms with Gasteiger partial charge in [-0.1, -0.05) is 0 Å². The van der Waals surface area contributed by atoms with Crippen LogP contribution >= 0.6 is 0 Å². The van der Waals surface area contributed by atoms with Crippen molar-refractivity contribution in [3.63, 3.8) is 0 Å². The van der Waals surface area contributed by atoms with Crippen molar-refractivity contribution >= 4 is 18.0 Å². The van der Waals surface area contributed by atoms with Gasteiger partial charge in [0.05, 0.1) is 31.8 Å². The SMILES string of the molecule is COc1cnc(N/N=C/c2ccc([N+](=O)[O-])o2)nc1. The van der Waals surface area contributed by atoms with Crippen LogP contribution in [0.25, 0.3) is 0 Å². The molecule has 2 aromatic rings. The second-order valence-electron chi connectivity index (χ2n) is 3.25. The number of furan rings is 1. The maximum atomic E-state index is 10.4. The third-order valence-corrected chi connectivity index (χ3v) is 2.01. The summed E-state index contributed by atoms with van der Waals surface area (Å²) >= 11 is 0. The number of hydrogen-bond acceptors (Lipinski definition) is 8. The van der Waals surface area contributed by atoms with Crippen molar-refractivity contribution in [3.05, 3.63) is 40.4 Å². The number of nitrogens with one attached hydrogen (secondary N) is 1. The van der Waals surface area contributed by atoms with Crippen LogP contribution in [0.4, 0.5) is 11.8 Å². The predicted octanol–water partition coefficient (Wildman–Crippen LogP) is 1.43. The molecule has 0 aliphatic heterocycles. The summed E-state index contributed by atoms with van der Waals surface area (Å²) in [4.78, 5) is 17.6. The molecule has 98 valence electrons. The first-order valence-electron chi connectivity index (χ1n) is 5.08. The van der Waals surface area contributed by atoms with Gasteiger partial charge in [-0.2, -0.15) is 5.10 Å². The van der Waals surface area contributed by atoms with Gasteiger partial charge in [0.2, 0.25) is 5.95 Å². The van der Waals surface area contributed by atoms with Crippen LogP contribution in [0, 0.1) is 10.1 Å². The molecule has 2 heterocycles. The molecule has 0 saturated heterocycles. The van der Waals surface area contributed by atoms with Gasteiger partial charge >= 0.3 is 5.88 Å². The Bertz CT molecular complexity index is 592. The summed E-state index contributed by atoms with van der Waals surface area (Å²) in [5.74, 6) is 0.684. The van der Waals surface area contributed by atoms with Crippen molar-refractivity contribution in [1.29, 1.82) is 0 Å². The minimum atomic E-state index is -0.628. The van der Waals surface area contributed by atoms with Crippen molar-refractivity contribution in [2.24, 2.45) is 5.10 Å². The number of methoxy groups -OCH3 is 1. The summed E-state index contributed by atoms with van der Waals surface area (Å²) in [7, 11) is 1.51. The van der Waals surface area contributed by atoms with Crippen LogP contribution in [0.3, 0.4) is 0 Å². The molecular formula is C10H9N5O4. The maximum Gasteiger partial charge on any atom is 0.433 e. The average molecular weight is 263 g/mol. The number of nitro groups is 1. The number of ether oxygens (including phenoxy) is 1. The molecule has 0 spiro atoms. The van der Waals surface area contributed by atoms with E-state index in [9.17, 15) is 10.1 Å². The highest BCUT2D eigenvalue weighted by molar-refractivity contribution is 5.76. The largest absolute Gasteiger partial charge is 0.494 e. The first-order chi connectivity index (χ1) is 9.19. The highest BCUT2D eigenvalue weighted by Gasteiger charge is 2.10. The fourth-order valence-electron chi connectivity index (χ4n) is 1.14. The van der Waals surface area contributed by atoms with E-state index >= 15 is 0 Å². The lowest BCUT2D eigenvalue weighted by molar-refractivity contribution is -0.402. The lowest BCUT2D eigenvalue weighted by atomic mass is 10.5. The van der Waals surface area contributed by atoms with Gasteiger partial charge in [0, 0.05) is 0 Å². The lowest BCUT2D eigenvalue weighted by Gasteiger charge is -1.99. The van der Waals surface area contributed by atoms with Crippen LogP contribution in [0.1, 0.15) is 5.76 Å². The molecule has 9 heteroatoms. The van der Waals surface area contributed by atoms with E-state index in [1.807, 2.05) is 0 Å². The van der Waals surface area contributed by atoms with Crippen LogP contribution in [-0.4, -0.2) is 28.2 Å². The van der Waals surface area contributed by atoms with Crippen molar-refractivity contribution in [1.82, 2.24) is 9.97 Å². The lowest BCUT2D eigenvalue weighted by Crippen LogP contribution is -1.96. The summed E-state index contributed by atoms with van der Waals surface area (Å²) in [5.41, 5.74) is 2.54. The molecule has 0 atom stereocenters. The summed E-state index contributed by atoms with van der Waals surface area (Å²) in [6, 6.07) is 2.67. The zero-order valence-corrected chi connectivity index (χ0v) is 9.81. The molecule has 0 saturated carbocycles. The van der Waals surface area contributed by atoms with E-state index in [4.69, 9.17) is 9.15 Å². The molecule has 0 aliphatic carbocycles. The molecule has 0 bridgehead atoms. The third-order valence-electron chi connectivity index (χ3n) is 2.01. The number of hydrazone groups is 1. The van der Waals surface area contributed by atoms with Gasteiger partial charge in [0.25, 0.3) is 0 Å². The van der Waals surface area contributed by atoms with Crippen molar-refractivity contribution < 1.29 is 14.1 Å². The van der Waals surface area contributed by atoms with E-state index in [1.54, 1.807) is 0 Å². The average Bonchev–Trinajstić information content (AvgIpc) is 2.89. The number of hydrogen-bond donors (Lipinski definition) is 1. The van der Waals surface area contributed by atoms with Gasteiger partial charge in [-0.3, -0.25) is 10.1 Å². The fraction of sp³-hybridized carbons (Fsp3) is 0.100. The Kier molecular flexibility index (Phi) is 3.67. The molecule has 0 aromatic carbocycles. The normalized spacial score (nSPS) is 10.6. The maximum absolute atomic E-state index is 10.4. The van der Waals surface area contributed by atoms with Crippen molar-refractivity contribution in [2.75, 3.05) is 12.5 Å². The van der Waals surface area contributed by atoms with E-state index in [2.05, 4.69) is 20.5 Å². The summed E-state index contributed by atoms with van der Waals surface area (Å²) in [5, 5.41) is 14.2. The number of anilines is 1.